The molecule has 1 saturated heterocycles. The van der Waals surface area contributed by atoms with Crippen molar-refractivity contribution in [3.05, 3.63) is 53.4 Å². The predicted octanol–water partition coefficient (Wildman–Crippen LogP) is 2.90. The zero-order valence-corrected chi connectivity index (χ0v) is 18.3. The van der Waals surface area contributed by atoms with Crippen LogP contribution in [0.2, 0.25) is 5.02 Å². The van der Waals surface area contributed by atoms with Crippen molar-refractivity contribution in [1.29, 1.82) is 0 Å². The van der Waals surface area contributed by atoms with Crippen LogP contribution in [0.25, 0.3) is 11.4 Å². The molecule has 0 aliphatic carbocycles. The minimum atomic E-state index is -0.954. The van der Waals surface area contributed by atoms with Crippen molar-refractivity contribution < 1.29 is 23.6 Å². The second-order valence-electron chi connectivity index (χ2n) is 7.26. The Morgan fingerprint density at radius 1 is 1.03 bits per heavy atom. The van der Waals surface area contributed by atoms with Crippen molar-refractivity contribution in [2.24, 2.45) is 10.3 Å². The Labute approximate surface area is 192 Å². The fourth-order valence-corrected chi connectivity index (χ4v) is 3.87. The Kier molecular flexibility index (Phi) is 5.17. The van der Waals surface area contributed by atoms with Gasteiger partial charge in [0.05, 0.1) is 19.9 Å². The lowest BCUT2D eigenvalue weighted by molar-refractivity contribution is -0.123. The lowest BCUT2D eigenvalue weighted by Crippen LogP contribution is -2.39. The second kappa shape index (κ2) is 8.17. The number of rotatable bonds is 6. The van der Waals surface area contributed by atoms with E-state index in [1.165, 1.54) is 19.2 Å². The number of imide groups is 1. The molecule has 2 amide bonds. The van der Waals surface area contributed by atoms with Crippen molar-refractivity contribution >= 4 is 29.1 Å². The molecule has 2 aliphatic heterocycles. The summed E-state index contributed by atoms with van der Waals surface area (Å²) in [7, 11) is 2.98. The number of aromatic nitrogens is 2. The third-order valence-corrected chi connectivity index (χ3v) is 5.60. The van der Waals surface area contributed by atoms with Crippen LogP contribution in [0.15, 0.2) is 57.3 Å². The standard InChI is InChI=1S/C21H17ClN6O5/c1-31-14-8-7-13(9-15(14)32-2)28-20(29)17-18(21(28)30)27(26-24-17)10-16-23-19(25-33-16)11-3-5-12(22)6-4-11/h3-9,17-18H,10H2,1-2H3/t17-,18-/m1/s1. The van der Waals surface area contributed by atoms with Crippen LogP contribution in [0.1, 0.15) is 5.89 Å². The van der Waals surface area contributed by atoms with Gasteiger partial charge in [-0.1, -0.05) is 22.0 Å². The molecular formula is C21H17ClN6O5. The third kappa shape index (κ3) is 3.55. The summed E-state index contributed by atoms with van der Waals surface area (Å²) in [6.07, 6.45) is 0. The van der Waals surface area contributed by atoms with Crippen LogP contribution < -0.4 is 14.4 Å². The van der Waals surface area contributed by atoms with Crippen LogP contribution in [0.5, 0.6) is 11.5 Å². The van der Waals surface area contributed by atoms with Gasteiger partial charge < -0.3 is 14.0 Å². The van der Waals surface area contributed by atoms with Crippen molar-refractivity contribution in [2.45, 2.75) is 18.6 Å². The topological polar surface area (TPSA) is 123 Å². The Hall–Kier alpha value is -3.99. The number of carbonyl (C=O) groups is 2. The van der Waals surface area contributed by atoms with E-state index in [1.54, 1.807) is 42.5 Å². The molecule has 2 aliphatic rings. The van der Waals surface area contributed by atoms with E-state index in [0.717, 1.165) is 10.5 Å². The van der Waals surface area contributed by atoms with E-state index >= 15 is 0 Å². The SMILES string of the molecule is COc1ccc(N2C(=O)[C@@H]3N=NN(Cc4nc(-c5ccc(Cl)cc5)no4)[C@H]3C2=O)cc1OC. The molecule has 12 heteroatoms. The van der Waals surface area contributed by atoms with Gasteiger partial charge in [-0.15, -0.1) is 0 Å². The predicted molar refractivity (Wildman–Crippen MR) is 115 cm³/mol. The van der Waals surface area contributed by atoms with E-state index in [2.05, 4.69) is 20.5 Å². The molecule has 11 nitrogen and oxygen atoms in total. The van der Waals surface area contributed by atoms with Gasteiger partial charge in [-0.25, -0.2) is 4.90 Å². The highest BCUT2D eigenvalue weighted by molar-refractivity contribution is 6.30. The minimum Gasteiger partial charge on any atom is -0.493 e. The monoisotopic (exact) mass is 468 g/mol. The smallest absolute Gasteiger partial charge is 0.263 e. The molecule has 0 unspecified atom stereocenters. The third-order valence-electron chi connectivity index (χ3n) is 5.35. The molecule has 2 atom stereocenters. The first kappa shape index (κ1) is 20.9. The quantitative estimate of drug-likeness (QED) is 0.506. The number of amides is 2. The molecular weight excluding hydrogens is 452 g/mol. The molecule has 0 N–H and O–H groups in total. The number of carbonyl (C=O) groups excluding carboxylic acids is 2. The average Bonchev–Trinajstić information content (AvgIpc) is 3.52. The summed E-state index contributed by atoms with van der Waals surface area (Å²) in [6, 6.07) is 9.91. The maximum absolute atomic E-state index is 13.2. The molecule has 168 valence electrons. The molecule has 0 bridgehead atoms. The molecule has 33 heavy (non-hydrogen) atoms. The van der Waals surface area contributed by atoms with Gasteiger partial charge in [0, 0.05) is 16.7 Å². The molecule has 0 saturated carbocycles. The van der Waals surface area contributed by atoms with E-state index in [4.69, 9.17) is 25.6 Å². The average molecular weight is 469 g/mol. The van der Waals surface area contributed by atoms with E-state index in [9.17, 15) is 9.59 Å². The lowest BCUT2D eigenvalue weighted by Gasteiger charge is -2.20. The maximum atomic E-state index is 13.2. The van der Waals surface area contributed by atoms with Crippen LogP contribution in [0, 0.1) is 0 Å². The van der Waals surface area contributed by atoms with Crippen LogP contribution in [-0.4, -0.2) is 53.3 Å². The molecule has 0 radical (unpaired) electrons. The Morgan fingerprint density at radius 3 is 2.52 bits per heavy atom. The Bertz CT molecular complexity index is 1260. The Morgan fingerprint density at radius 2 is 1.79 bits per heavy atom. The summed E-state index contributed by atoms with van der Waals surface area (Å²) in [5.74, 6) is 0.538. The summed E-state index contributed by atoms with van der Waals surface area (Å²) in [4.78, 5) is 31.6. The number of benzene rings is 2. The molecule has 1 fully saturated rings. The number of ether oxygens (including phenoxy) is 2. The Balaban J connectivity index is 1.36. The van der Waals surface area contributed by atoms with E-state index in [-0.39, 0.29) is 12.4 Å². The first-order valence-electron chi connectivity index (χ1n) is 9.86. The molecule has 0 spiro atoms. The summed E-state index contributed by atoms with van der Waals surface area (Å²) in [5.41, 5.74) is 1.08. The molecule has 2 aromatic carbocycles. The van der Waals surface area contributed by atoms with Crippen LogP contribution >= 0.6 is 11.6 Å². The fraction of sp³-hybridized carbons (Fsp3) is 0.238. The number of anilines is 1. The number of hydrogen-bond acceptors (Lipinski definition) is 10. The molecule has 5 rings (SSSR count). The van der Waals surface area contributed by atoms with E-state index < -0.39 is 23.9 Å². The van der Waals surface area contributed by atoms with Gasteiger partial charge in [0.2, 0.25) is 11.7 Å². The summed E-state index contributed by atoms with van der Waals surface area (Å²) in [5, 5.41) is 13.9. The highest BCUT2D eigenvalue weighted by Gasteiger charge is 2.55. The molecule has 1 aromatic heterocycles. The fourth-order valence-electron chi connectivity index (χ4n) is 3.75. The summed E-state index contributed by atoms with van der Waals surface area (Å²) < 4.78 is 15.8. The van der Waals surface area contributed by atoms with Crippen molar-refractivity contribution in [3.8, 4) is 22.9 Å². The lowest BCUT2D eigenvalue weighted by atomic mass is 10.1. The van der Waals surface area contributed by atoms with Gasteiger partial charge in [0.15, 0.2) is 23.6 Å². The van der Waals surface area contributed by atoms with Gasteiger partial charge in [-0.2, -0.15) is 10.1 Å². The van der Waals surface area contributed by atoms with E-state index in [0.29, 0.717) is 28.0 Å². The van der Waals surface area contributed by atoms with Gasteiger partial charge in [0.1, 0.15) is 6.54 Å². The second-order valence-corrected chi connectivity index (χ2v) is 7.70. The number of fused-ring (bicyclic) bond motifs is 1. The summed E-state index contributed by atoms with van der Waals surface area (Å²) in [6.45, 7) is 0.0179. The highest BCUT2D eigenvalue weighted by Crippen LogP contribution is 2.37. The van der Waals surface area contributed by atoms with Gasteiger partial charge in [0.25, 0.3) is 11.8 Å². The summed E-state index contributed by atoms with van der Waals surface area (Å²) >= 11 is 5.91. The highest BCUT2D eigenvalue weighted by atomic mass is 35.5. The number of nitrogens with zero attached hydrogens (tertiary/aromatic N) is 6. The maximum Gasteiger partial charge on any atom is 0.263 e. The van der Waals surface area contributed by atoms with Crippen LogP contribution in [-0.2, 0) is 16.1 Å². The number of methoxy groups -OCH3 is 2. The number of hydrogen-bond donors (Lipinski definition) is 0. The van der Waals surface area contributed by atoms with Crippen molar-refractivity contribution in [3.63, 3.8) is 0 Å². The van der Waals surface area contributed by atoms with Gasteiger partial charge >= 0.3 is 0 Å². The first-order valence-corrected chi connectivity index (χ1v) is 10.2. The normalized spacial score (nSPS) is 19.4. The van der Waals surface area contributed by atoms with Gasteiger partial charge in [-0.05, 0) is 36.4 Å². The van der Waals surface area contributed by atoms with Crippen molar-refractivity contribution in [1.82, 2.24) is 15.1 Å². The largest absolute Gasteiger partial charge is 0.493 e. The van der Waals surface area contributed by atoms with Crippen LogP contribution in [0.4, 0.5) is 5.69 Å². The van der Waals surface area contributed by atoms with Crippen LogP contribution in [0.3, 0.4) is 0 Å². The van der Waals surface area contributed by atoms with Crippen molar-refractivity contribution in [2.75, 3.05) is 19.1 Å². The minimum absolute atomic E-state index is 0.0179. The molecule has 3 heterocycles. The zero-order valence-electron chi connectivity index (χ0n) is 17.5. The molecule has 3 aromatic rings. The first-order chi connectivity index (χ1) is 16.0. The van der Waals surface area contributed by atoms with E-state index in [1.807, 2.05) is 0 Å². The zero-order chi connectivity index (χ0) is 23.1. The van der Waals surface area contributed by atoms with Gasteiger partial charge in [-0.3, -0.25) is 14.6 Å². The number of halogens is 1.